The van der Waals surface area contributed by atoms with Gasteiger partial charge in [0.15, 0.2) is 0 Å². The Morgan fingerprint density at radius 1 is 1.33 bits per heavy atom. The molecule has 2 atom stereocenters. The molecule has 3 heteroatoms. The molecule has 86 valence electrons. The van der Waals surface area contributed by atoms with Crippen molar-refractivity contribution in [3.63, 3.8) is 0 Å². The van der Waals surface area contributed by atoms with Gasteiger partial charge in [0.05, 0.1) is 18.8 Å². The van der Waals surface area contributed by atoms with Crippen molar-refractivity contribution in [2.75, 3.05) is 19.8 Å². The minimum Gasteiger partial charge on any atom is -0.377 e. The molecular weight excluding hydrogens is 193 g/mol. The number of fused-ring (bicyclic) bond motifs is 2. The van der Waals surface area contributed by atoms with Crippen LogP contribution in [0.1, 0.15) is 33.1 Å². The third-order valence-corrected chi connectivity index (χ3v) is 4.91. The van der Waals surface area contributed by atoms with Crippen LogP contribution in [0.3, 0.4) is 0 Å². The van der Waals surface area contributed by atoms with Crippen LogP contribution in [-0.4, -0.2) is 41.9 Å². The monoisotopic (exact) mass is 213 g/mol. The van der Waals surface area contributed by atoms with Crippen molar-refractivity contribution >= 4 is 0 Å². The number of hydrogen-bond acceptors (Lipinski definition) is 2. The molecule has 3 heterocycles. The number of rotatable bonds is 1. The summed E-state index contributed by atoms with van der Waals surface area (Å²) in [6.07, 6.45) is 2.49. The van der Waals surface area contributed by atoms with Crippen LogP contribution in [0.4, 0.5) is 4.39 Å². The highest BCUT2D eigenvalue weighted by Gasteiger charge is 2.63. The Kier molecular flexibility index (Phi) is 1.97. The van der Waals surface area contributed by atoms with Crippen molar-refractivity contribution < 1.29 is 9.13 Å². The van der Waals surface area contributed by atoms with Gasteiger partial charge in [-0.15, -0.1) is 0 Å². The number of halogens is 1. The van der Waals surface area contributed by atoms with Gasteiger partial charge in [-0.05, 0) is 25.2 Å². The molecule has 0 aromatic rings. The van der Waals surface area contributed by atoms with E-state index < -0.39 is 6.17 Å². The zero-order valence-corrected chi connectivity index (χ0v) is 9.63. The molecule has 2 unspecified atom stereocenters. The van der Waals surface area contributed by atoms with Crippen molar-refractivity contribution in [2.24, 2.45) is 5.92 Å². The fourth-order valence-electron chi connectivity index (χ4n) is 3.90. The van der Waals surface area contributed by atoms with Gasteiger partial charge in [0.1, 0.15) is 6.17 Å². The molecule has 0 aliphatic carbocycles. The van der Waals surface area contributed by atoms with E-state index in [2.05, 4.69) is 18.7 Å². The van der Waals surface area contributed by atoms with Crippen LogP contribution in [0.15, 0.2) is 0 Å². The predicted octanol–water partition coefficient (Wildman–Crippen LogP) is 1.99. The average Bonchev–Trinajstić information content (AvgIpc) is 2.55. The number of hydrogen-bond donors (Lipinski definition) is 0. The maximum atomic E-state index is 13.7. The molecule has 0 amide bonds. The molecule has 0 saturated carbocycles. The molecule has 0 N–H and O–H groups in total. The summed E-state index contributed by atoms with van der Waals surface area (Å²) in [5, 5.41) is 0. The van der Waals surface area contributed by atoms with Gasteiger partial charge in [-0.25, -0.2) is 4.39 Å². The Morgan fingerprint density at radius 2 is 2.07 bits per heavy atom. The molecule has 0 aromatic carbocycles. The molecule has 3 aliphatic heterocycles. The summed E-state index contributed by atoms with van der Waals surface area (Å²) in [5.41, 5.74) is 0.355. The third kappa shape index (κ3) is 1.11. The first-order chi connectivity index (χ1) is 7.09. The Hall–Kier alpha value is -0.150. The van der Waals surface area contributed by atoms with Gasteiger partial charge in [0, 0.05) is 12.1 Å². The summed E-state index contributed by atoms with van der Waals surface area (Å²) >= 11 is 0. The van der Waals surface area contributed by atoms with E-state index in [-0.39, 0.29) is 11.1 Å². The molecule has 3 rings (SSSR count). The van der Waals surface area contributed by atoms with E-state index in [4.69, 9.17) is 4.74 Å². The maximum absolute atomic E-state index is 13.7. The summed E-state index contributed by atoms with van der Waals surface area (Å²) in [4.78, 5) is 2.46. The summed E-state index contributed by atoms with van der Waals surface area (Å²) in [6.45, 7) is 6.77. The molecule has 0 radical (unpaired) electrons. The molecule has 1 spiro atoms. The highest BCUT2D eigenvalue weighted by molar-refractivity contribution is 5.17. The molecule has 0 bridgehead atoms. The van der Waals surface area contributed by atoms with E-state index in [0.29, 0.717) is 12.5 Å². The van der Waals surface area contributed by atoms with Crippen LogP contribution >= 0.6 is 0 Å². The minimum atomic E-state index is -0.620. The second-order valence-electron chi connectivity index (χ2n) is 5.89. The smallest absolute Gasteiger partial charge is 0.115 e. The summed E-state index contributed by atoms with van der Waals surface area (Å²) in [7, 11) is 0. The Morgan fingerprint density at radius 3 is 2.60 bits per heavy atom. The van der Waals surface area contributed by atoms with Crippen molar-refractivity contribution in [1.29, 1.82) is 0 Å². The quantitative estimate of drug-likeness (QED) is 0.660. The van der Waals surface area contributed by atoms with E-state index in [1.165, 1.54) is 6.42 Å². The fraction of sp³-hybridized carbons (Fsp3) is 1.00. The van der Waals surface area contributed by atoms with E-state index >= 15 is 0 Å². The first kappa shape index (κ1) is 10.0. The average molecular weight is 213 g/mol. The first-order valence-corrected chi connectivity index (χ1v) is 6.09. The van der Waals surface area contributed by atoms with E-state index in [1.807, 2.05) is 0 Å². The fourth-order valence-corrected chi connectivity index (χ4v) is 3.90. The highest BCUT2D eigenvalue weighted by atomic mass is 19.1. The van der Waals surface area contributed by atoms with Gasteiger partial charge in [-0.1, -0.05) is 13.8 Å². The molecule has 2 nitrogen and oxygen atoms in total. The lowest BCUT2D eigenvalue weighted by Crippen LogP contribution is -2.62. The molecule has 15 heavy (non-hydrogen) atoms. The molecule has 3 saturated heterocycles. The number of ether oxygens (including phenoxy) is 1. The largest absolute Gasteiger partial charge is 0.377 e. The van der Waals surface area contributed by atoms with Crippen molar-refractivity contribution in [1.82, 2.24) is 4.90 Å². The Balaban J connectivity index is 1.93. The lowest BCUT2D eigenvalue weighted by molar-refractivity contribution is -0.140. The van der Waals surface area contributed by atoms with Gasteiger partial charge in [-0.3, -0.25) is 4.90 Å². The van der Waals surface area contributed by atoms with E-state index in [9.17, 15) is 4.39 Å². The summed E-state index contributed by atoms with van der Waals surface area (Å²) < 4.78 is 19.0. The second kappa shape index (κ2) is 2.95. The van der Waals surface area contributed by atoms with Crippen LogP contribution < -0.4 is 0 Å². The second-order valence-corrected chi connectivity index (χ2v) is 5.89. The maximum Gasteiger partial charge on any atom is 0.115 e. The van der Waals surface area contributed by atoms with Crippen LogP contribution in [0.25, 0.3) is 0 Å². The van der Waals surface area contributed by atoms with Crippen LogP contribution in [-0.2, 0) is 4.74 Å². The number of alkyl halides is 1. The topological polar surface area (TPSA) is 12.5 Å². The minimum absolute atomic E-state index is 0.142. The lowest BCUT2D eigenvalue weighted by Gasteiger charge is -2.49. The number of nitrogens with zero attached hydrogens (tertiary/aromatic N) is 1. The third-order valence-electron chi connectivity index (χ3n) is 4.91. The lowest BCUT2D eigenvalue weighted by atomic mass is 9.82. The van der Waals surface area contributed by atoms with Gasteiger partial charge in [0.25, 0.3) is 0 Å². The van der Waals surface area contributed by atoms with Crippen LogP contribution in [0, 0.1) is 5.92 Å². The molecule has 0 aromatic heterocycles. The highest BCUT2D eigenvalue weighted by Crippen LogP contribution is 2.54. The standard InChI is InChI=1S/C12H20FNO/c1-9(2)12-4-3-11(7-15-8-11)14(12)6-10(13)5-12/h9-10H,3-8H2,1-2H3. The summed E-state index contributed by atoms with van der Waals surface area (Å²) in [6, 6.07) is 0. The summed E-state index contributed by atoms with van der Waals surface area (Å²) in [5.74, 6) is 0.554. The van der Waals surface area contributed by atoms with Crippen molar-refractivity contribution in [2.45, 2.75) is 50.4 Å². The normalized spacial score (nSPS) is 43.6. The predicted molar refractivity (Wildman–Crippen MR) is 56.6 cm³/mol. The zero-order chi connectivity index (χ0) is 10.7. The zero-order valence-electron chi connectivity index (χ0n) is 9.63. The SMILES string of the molecule is CC(C)C12CCC3(COC3)N1CC(F)C2. The van der Waals surface area contributed by atoms with Crippen LogP contribution in [0.2, 0.25) is 0 Å². The van der Waals surface area contributed by atoms with Crippen LogP contribution in [0.5, 0.6) is 0 Å². The van der Waals surface area contributed by atoms with Crippen molar-refractivity contribution in [3.8, 4) is 0 Å². The Labute approximate surface area is 90.8 Å². The Bertz CT molecular complexity index is 277. The molecule has 3 fully saturated rings. The van der Waals surface area contributed by atoms with Gasteiger partial charge < -0.3 is 4.74 Å². The van der Waals surface area contributed by atoms with E-state index in [0.717, 1.165) is 26.1 Å². The van der Waals surface area contributed by atoms with E-state index in [1.54, 1.807) is 0 Å². The first-order valence-electron chi connectivity index (χ1n) is 6.09. The van der Waals surface area contributed by atoms with Gasteiger partial charge in [0.2, 0.25) is 0 Å². The van der Waals surface area contributed by atoms with Crippen molar-refractivity contribution in [3.05, 3.63) is 0 Å². The van der Waals surface area contributed by atoms with Gasteiger partial charge >= 0.3 is 0 Å². The molecular formula is C12H20FNO. The molecule has 3 aliphatic rings. The van der Waals surface area contributed by atoms with Gasteiger partial charge in [-0.2, -0.15) is 0 Å².